The molecule has 15 atom stereocenters. The summed E-state index contributed by atoms with van der Waals surface area (Å²) in [5.41, 5.74) is 30.1. The number of nitrogens with two attached hydrogens (primary N) is 5. The Hall–Kier alpha value is -1.54. The average molecular weight is 560 g/mol. The zero-order chi connectivity index (χ0) is 28.4. The van der Waals surface area contributed by atoms with Crippen LogP contribution < -0.4 is 33.4 Å². The first kappa shape index (κ1) is 30.4. The van der Waals surface area contributed by atoms with Crippen molar-refractivity contribution in [3.8, 4) is 5.75 Å². The van der Waals surface area contributed by atoms with Crippen molar-refractivity contribution in [3.05, 3.63) is 30.3 Å². The highest BCUT2D eigenvalue weighted by Crippen LogP contribution is 2.31. The fourth-order valence-electron chi connectivity index (χ4n) is 5.13. The van der Waals surface area contributed by atoms with Crippen molar-refractivity contribution in [2.24, 2.45) is 28.7 Å². The average Bonchev–Trinajstić information content (AvgIpc) is 2.92. The van der Waals surface area contributed by atoms with Crippen molar-refractivity contribution in [1.82, 2.24) is 0 Å². The minimum absolute atomic E-state index is 0.0886. The Morgan fingerprint density at radius 3 is 1.90 bits per heavy atom. The molecule has 2 saturated heterocycles. The highest BCUT2D eigenvalue weighted by atomic mass is 16.7. The number of para-hydroxylation sites is 1. The van der Waals surface area contributed by atoms with Gasteiger partial charge in [-0.1, -0.05) is 18.2 Å². The van der Waals surface area contributed by atoms with E-state index in [4.69, 9.17) is 52.4 Å². The van der Waals surface area contributed by atoms with Crippen molar-refractivity contribution < 1.29 is 49.2 Å². The lowest BCUT2D eigenvalue weighted by atomic mass is 9.84. The predicted molar refractivity (Wildman–Crippen MR) is 135 cm³/mol. The van der Waals surface area contributed by atoms with Gasteiger partial charge in [-0.3, -0.25) is 0 Å². The number of hydrogen-bond acceptors (Lipinski definition) is 15. The molecular weight excluding hydrogens is 518 g/mol. The van der Waals surface area contributed by atoms with Crippen LogP contribution in [-0.2, 0) is 18.9 Å². The van der Waals surface area contributed by atoms with Crippen LogP contribution in [0.2, 0.25) is 0 Å². The van der Waals surface area contributed by atoms with E-state index in [1.807, 2.05) is 6.07 Å². The summed E-state index contributed by atoms with van der Waals surface area (Å²) in [6, 6.07) is 4.98. The van der Waals surface area contributed by atoms with Gasteiger partial charge in [0.15, 0.2) is 12.6 Å². The van der Waals surface area contributed by atoms with E-state index in [0.29, 0.717) is 5.75 Å². The zero-order valence-electron chi connectivity index (χ0n) is 21.3. The van der Waals surface area contributed by atoms with Gasteiger partial charge in [0, 0.05) is 18.6 Å². The molecule has 0 unspecified atom stereocenters. The van der Waals surface area contributed by atoms with E-state index in [1.54, 1.807) is 24.3 Å². The van der Waals surface area contributed by atoms with Gasteiger partial charge in [0.2, 0.25) is 0 Å². The zero-order valence-corrected chi connectivity index (χ0v) is 21.3. The minimum atomic E-state index is -1.46. The van der Waals surface area contributed by atoms with E-state index in [9.17, 15) is 25.5 Å². The maximum Gasteiger partial charge on any atom is 0.186 e. The third kappa shape index (κ3) is 6.52. The van der Waals surface area contributed by atoms with Gasteiger partial charge in [0.05, 0.1) is 12.1 Å². The molecule has 0 amide bonds. The maximum absolute atomic E-state index is 11.2. The maximum atomic E-state index is 11.2. The molecule has 2 heterocycles. The van der Waals surface area contributed by atoms with Gasteiger partial charge in [0.25, 0.3) is 0 Å². The fourth-order valence-corrected chi connectivity index (χ4v) is 5.13. The molecule has 3 fully saturated rings. The fraction of sp³-hybridized carbons (Fsp3) is 0.750. The van der Waals surface area contributed by atoms with E-state index in [1.165, 1.54) is 0 Å². The Morgan fingerprint density at radius 1 is 0.692 bits per heavy atom. The van der Waals surface area contributed by atoms with Gasteiger partial charge < -0.3 is 77.9 Å². The van der Waals surface area contributed by atoms with Crippen molar-refractivity contribution in [1.29, 1.82) is 0 Å². The molecule has 3 aliphatic rings. The lowest BCUT2D eigenvalue weighted by Crippen LogP contribution is -2.69. The number of benzene rings is 1. The molecule has 1 aliphatic carbocycles. The van der Waals surface area contributed by atoms with Gasteiger partial charge in [0.1, 0.15) is 67.3 Å². The topological polar surface area (TPSA) is 277 Å². The summed E-state index contributed by atoms with van der Waals surface area (Å²) >= 11 is 0. The molecule has 1 aromatic carbocycles. The monoisotopic (exact) mass is 559 g/mol. The molecule has 15 nitrogen and oxygen atoms in total. The number of aliphatic hydroxyl groups excluding tert-OH is 5. The van der Waals surface area contributed by atoms with Crippen molar-refractivity contribution in [2.75, 3.05) is 13.2 Å². The third-order valence-electron chi connectivity index (χ3n) is 7.54. The quantitative estimate of drug-likeness (QED) is 0.142. The van der Waals surface area contributed by atoms with E-state index in [-0.39, 0.29) is 19.6 Å². The third-order valence-corrected chi connectivity index (χ3v) is 7.54. The molecule has 15 heteroatoms. The van der Waals surface area contributed by atoms with Crippen LogP contribution in [0.25, 0.3) is 0 Å². The van der Waals surface area contributed by atoms with Crippen LogP contribution in [0.1, 0.15) is 6.42 Å². The van der Waals surface area contributed by atoms with Crippen LogP contribution in [-0.4, -0.2) is 130 Å². The smallest absolute Gasteiger partial charge is 0.186 e. The Bertz CT molecular complexity index is 905. The van der Waals surface area contributed by atoms with Gasteiger partial charge >= 0.3 is 0 Å². The van der Waals surface area contributed by atoms with E-state index in [0.717, 1.165) is 0 Å². The van der Waals surface area contributed by atoms with E-state index >= 15 is 0 Å². The van der Waals surface area contributed by atoms with Crippen molar-refractivity contribution in [3.63, 3.8) is 0 Å². The second kappa shape index (κ2) is 13.0. The molecule has 4 rings (SSSR count). The van der Waals surface area contributed by atoms with Gasteiger partial charge in [-0.05, 0) is 18.6 Å². The molecule has 1 aromatic rings. The predicted octanol–water partition coefficient (Wildman–Crippen LogP) is -5.24. The summed E-state index contributed by atoms with van der Waals surface area (Å²) < 4.78 is 28.9. The number of ether oxygens (including phenoxy) is 5. The van der Waals surface area contributed by atoms with E-state index in [2.05, 4.69) is 0 Å². The summed E-state index contributed by atoms with van der Waals surface area (Å²) in [5.74, 6) is 0.543. The first-order valence-electron chi connectivity index (χ1n) is 13.0. The van der Waals surface area contributed by atoms with Crippen molar-refractivity contribution >= 4 is 0 Å². The largest absolute Gasteiger partial charge is 0.491 e. The Balaban J connectivity index is 1.44. The second-order valence-corrected chi connectivity index (χ2v) is 10.3. The van der Waals surface area contributed by atoms with Crippen molar-refractivity contribution in [2.45, 2.75) is 98.1 Å². The Kier molecular flexibility index (Phi) is 10.1. The number of aliphatic hydroxyl groups is 5. The lowest BCUT2D eigenvalue weighted by Gasteiger charge is -2.48. The standard InChI is InChI=1S/C24H41N5O10/c25-7-12-17(31)18(32)15(29)23(36-12)38-21-10(26)6-11(27)22(20(21)34)39-24-19(33)14(28)16(30)13(37-24)8-35-9-4-2-1-3-5-9/h1-5,10-24,30-34H,6-8,25-29H2/t10-,11+,12+,13+,14-,15+,16+,17+,18+,19+,20-,21+,22-,23+,24+/m0/s1. The number of hydrogen-bond donors (Lipinski definition) is 10. The normalized spacial score (nSPS) is 47.1. The summed E-state index contributed by atoms with van der Waals surface area (Å²) in [5, 5.41) is 52.8. The first-order chi connectivity index (χ1) is 18.5. The minimum Gasteiger partial charge on any atom is -0.491 e. The summed E-state index contributed by atoms with van der Waals surface area (Å²) in [6.45, 7) is -0.201. The first-order valence-corrected chi connectivity index (χ1v) is 13.0. The van der Waals surface area contributed by atoms with Gasteiger partial charge in [-0.2, -0.15) is 0 Å². The molecule has 0 radical (unpaired) electrons. The molecule has 222 valence electrons. The lowest BCUT2D eigenvalue weighted by molar-refractivity contribution is -0.318. The highest BCUT2D eigenvalue weighted by Gasteiger charge is 2.51. The molecular formula is C24H41N5O10. The van der Waals surface area contributed by atoms with Gasteiger partial charge in [-0.25, -0.2) is 0 Å². The summed E-state index contributed by atoms with van der Waals surface area (Å²) in [4.78, 5) is 0. The van der Waals surface area contributed by atoms with Crippen LogP contribution in [0, 0.1) is 0 Å². The Labute approximate surface area is 225 Å². The van der Waals surface area contributed by atoms with E-state index < -0.39 is 91.7 Å². The highest BCUT2D eigenvalue weighted by molar-refractivity contribution is 5.21. The van der Waals surface area contributed by atoms with Crippen LogP contribution in [0.3, 0.4) is 0 Å². The van der Waals surface area contributed by atoms with Crippen LogP contribution >= 0.6 is 0 Å². The molecule has 2 aliphatic heterocycles. The summed E-state index contributed by atoms with van der Waals surface area (Å²) in [6.07, 6.45) is -13.6. The van der Waals surface area contributed by atoms with Gasteiger partial charge in [-0.15, -0.1) is 0 Å². The summed E-state index contributed by atoms with van der Waals surface area (Å²) in [7, 11) is 0. The van der Waals surface area contributed by atoms with Crippen LogP contribution in [0.4, 0.5) is 0 Å². The van der Waals surface area contributed by atoms with Crippen LogP contribution in [0.15, 0.2) is 30.3 Å². The second-order valence-electron chi connectivity index (χ2n) is 10.3. The molecule has 0 spiro atoms. The SMILES string of the molecule is NC[C@H]1O[C@H](O[C@H]2[C@H](O)[C@@H](O[C@H]3O[C@H](COc4ccccc4)[C@@H](O)[C@H](N)[C@H]3O)[C@H](N)C[C@@H]2N)[C@H](N)[C@@H](O)[C@@H]1O. The Morgan fingerprint density at radius 2 is 1.28 bits per heavy atom. The molecule has 39 heavy (non-hydrogen) atoms. The van der Waals surface area contributed by atoms with Crippen LogP contribution in [0.5, 0.6) is 5.75 Å². The molecule has 1 saturated carbocycles. The molecule has 15 N–H and O–H groups in total. The molecule has 0 aromatic heterocycles. The molecule has 0 bridgehead atoms. The number of rotatable bonds is 8.